The van der Waals surface area contributed by atoms with Crippen molar-refractivity contribution in [2.45, 2.75) is 12.3 Å². The van der Waals surface area contributed by atoms with Gasteiger partial charge in [-0.3, -0.25) is 4.90 Å². The molecular formula is C18H22ClNO2. The molecule has 0 amide bonds. The second-order valence-electron chi connectivity index (χ2n) is 5.37. The molecule has 118 valence electrons. The van der Waals surface area contributed by atoms with Crippen LogP contribution in [0.5, 0.6) is 0 Å². The van der Waals surface area contributed by atoms with E-state index in [1.54, 1.807) is 7.11 Å². The molecule has 1 heterocycles. The number of morpholine rings is 1. The van der Waals surface area contributed by atoms with Gasteiger partial charge >= 0.3 is 0 Å². The van der Waals surface area contributed by atoms with Crippen LogP contribution in [0.3, 0.4) is 0 Å². The highest BCUT2D eigenvalue weighted by Crippen LogP contribution is 2.31. The van der Waals surface area contributed by atoms with Gasteiger partial charge in [-0.2, -0.15) is 0 Å². The number of benzene rings is 2. The van der Waals surface area contributed by atoms with Crippen molar-refractivity contribution in [1.29, 1.82) is 0 Å². The SMILES string of the molecule is COC1(c2ccccc2)CN(Cc2ccccc2)CCO1.Cl. The Balaban J connectivity index is 0.00000176. The van der Waals surface area contributed by atoms with Gasteiger partial charge in [-0.1, -0.05) is 60.7 Å². The van der Waals surface area contributed by atoms with E-state index < -0.39 is 5.79 Å². The van der Waals surface area contributed by atoms with Gasteiger partial charge in [-0.15, -0.1) is 12.4 Å². The summed E-state index contributed by atoms with van der Waals surface area (Å²) in [5, 5.41) is 0. The highest BCUT2D eigenvalue weighted by Gasteiger charge is 2.38. The molecule has 0 N–H and O–H groups in total. The first-order valence-electron chi connectivity index (χ1n) is 7.33. The Kier molecular flexibility index (Phi) is 5.98. The molecule has 1 aliphatic heterocycles. The Hall–Kier alpha value is -1.39. The number of halogens is 1. The lowest BCUT2D eigenvalue weighted by molar-refractivity contribution is -0.265. The molecule has 1 fully saturated rings. The lowest BCUT2D eigenvalue weighted by Gasteiger charge is -2.41. The normalized spacial score (nSPS) is 22.0. The smallest absolute Gasteiger partial charge is 0.207 e. The molecule has 1 saturated heterocycles. The van der Waals surface area contributed by atoms with Crippen LogP contribution in [0.15, 0.2) is 60.7 Å². The highest BCUT2D eigenvalue weighted by molar-refractivity contribution is 5.85. The van der Waals surface area contributed by atoms with Crippen LogP contribution in [0.4, 0.5) is 0 Å². The van der Waals surface area contributed by atoms with Gasteiger partial charge < -0.3 is 9.47 Å². The maximum Gasteiger partial charge on any atom is 0.207 e. The van der Waals surface area contributed by atoms with Crippen LogP contribution >= 0.6 is 12.4 Å². The van der Waals surface area contributed by atoms with Crippen LogP contribution in [0.1, 0.15) is 11.1 Å². The van der Waals surface area contributed by atoms with E-state index in [4.69, 9.17) is 9.47 Å². The second kappa shape index (κ2) is 7.75. The molecule has 0 aliphatic carbocycles. The Labute approximate surface area is 138 Å². The van der Waals surface area contributed by atoms with E-state index in [0.717, 1.165) is 25.2 Å². The van der Waals surface area contributed by atoms with Crippen molar-refractivity contribution < 1.29 is 9.47 Å². The minimum absolute atomic E-state index is 0. The number of methoxy groups -OCH3 is 1. The molecular weight excluding hydrogens is 298 g/mol. The van der Waals surface area contributed by atoms with Crippen molar-refractivity contribution in [3.05, 3.63) is 71.8 Å². The molecule has 1 aliphatic rings. The molecule has 0 aromatic heterocycles. The van der Waals surface area contributed by atoms with E-state index in [2.05, 4.69) is 41.3 Å². The molecule has 4 heteroatoms. The lowest BCUT2D eigenvalue weighted by Crippen LogP contribution is -2.50. The molecule has 3 rings (SSSR count). The van der Waals surface area contributed by atoms with Crippen molar-refractivity contribution >= 4 is 12.4 Å². The molecule has 2 aromatic rings. The third-order valence-electron chi connectivity index (χ3n) is 3.97. The zero-order chi connectivity index (χ0) is 14.5. The highest BCUT2D eigenvalue weighted by atomic mass is 35.5. The number of rotatable bonds is 4. The zero-order valence-electron chi connectivity index (χ0n) is 12.8. The summed E-state index contributed by atoms with van der Waals surface area (Å²) in [6, 6.07) is 20.7. The van der Waals surface area contributed by atoms with Crippen LogP contribution in [0.25, 0.3) is 0 Å². The first-order valence-corrected chi connectivity index (χ1v) is 7.33. The van der Waals surface area contributed by atoms with Crippen molar-refractivity contribution in [3.8, 4) is 0 Å². The van der Waals surface area contributed by atoms with Gasteiger partial charge in [0.05, 0.1) is 13.2 Å². The van der Waals surface area contributed by atoms with Crippen LogP contribution < -0.4 is 0 Å². The lowest BCUT2D eigenvalue weighted by atomic mass is 10.0. The quantitative estimate of drug-likeness (QED) is 0.861. The van der Waals surface area contributed by atoms with Crippen LogP contribution in [-0.4, -0.2) is 31.7 Å². The van der Waals surface area contributed by atoms with Crippen molar-refractivity contribution in [2.24, 2.45) is 0 Å². The van der Waals surface area contributed by atoms with Gasteiger partial charge in [0.1, 0.15) is 0 Å². The van der Waals surface area contributed by atoms with Gasteiger partial charge in [-0.25, -0.2) is 0 Å². The van der Waals surface area contributed by atoms with E-state index in [0.29, 0.717) is 6.61 Å². The van der Waals surface area contributed by atoms with Gasteiger partial charge in [0.15, 0.2) is 0 Å². The molecule has 2 aromatic carbocycles. The predicted molar refractivity (Wildman–Crippen MR) is 90.0 cm³/mol. The average Bonchev–Trinajstić information content (AvgIpc) is 2.57. The zero-order valence-corrected chi connectivity index (χ0v) is 13.6. The molecule has 22 heavy (non-hydrogen) atoms. The Morgan fingerprint density at radius 2 is 1.68 bits per heavy atom. The largest absolute Gasteiger partial charge is 0.348 e. The first kappa shape index (κ1) is 17.0. The van der Waals surface area contributed by atoms with E-state index >= 15 is 0 Å². The van der Waals surface area contributed by atoms with Gasteiger partial charge in [0.2, 0.25) is 5.79 Å². The molecule has 0 bridgehead atoms. The second-order valence-corrected chi connectivity index (χ2v) is 5.37. The number of ether oxygens (including phenoxy) is 2. The van der Waals surface area contributed by atoms with Crippen molar-refractivity contribution in [3.63, 3.8) is 0 Å². The Bertz CT molecular complexity index is 564. The monoisotopic (exact) mass is 319 g/mol. The predicted octanol–water partition coefficient (Wildman–Crippen LogP) is 3.44. The molecule has 0 radical (unpaired) electrons. The first-order chi connectivity index (χ1) is 10.3. The third-order valence-corrected chi connectivity index (χ3v) is 3.97. The van der Waals surface area contributed by atoms with Crippen LogP contribution in [-0.2, 0) is 21.8 Å². The summed E-state index contributed by atoms with van der Waals surface area (Å²) in [4.78, 5) is 2.38. The summed E-state index contributed by atoms with van der Waals surface area (Å²) < 4.78 is 11.8. The molecule has 1 atom stereocenters. The minimum Gasteiger partial charge on any atom is -0.348 e. The molecule has 3 nitrogen and oxygen atoms in total. The summed E-state index contributed by atoms with van der Waals surface area (Å²) in [6.07, 6.45) is 0. The summed E-state index contributed by atoms with van der Waals surface area (Å²) in [5.74, 6) is -0.658. The van der Waals surface area contributed by atoms with Gasteiger partial charge in [0, 0.05) is 25.8 Å². The molecule has 0 spiro atoms. The van der Waals surface area contributed by atoms with E-state index in [1.165, 1.54) is 5.56 Å². The topological polar surface area (TPSA) is 21.7 Å². The van der Waals surface area contributed by atoms with Crippen molar-refractivity contribution in [2.75, 3.05) is 26.8 Å². The number of hydrogen-bond donors (Lipinski definition) is 0. The fraction of sp³-hybridized carbons (Fsp3) is 0.333. The summed E-state index contributed by atoms with van der Waals surface area (Å²) in [5.41, 5.74) is 2.39. The maximum atomic E-state index is 6.00. The standard InChI is InChI=1S/C18H21NO2.ClH/c1-20-18(17-10-6-3-7-11-17)15-19(12-13-21-18)14-16-8-4-2-5-9-16;/h2-11H,12-15H2,1H3;1H. The number of hydrogen-bond acceptors (Lipinski definition) is 3. The maximum absolute atomic E-state index is 6.00. The van der Waals surface area contributed by atoms with Gasteiger partial charge in [0.25, 0.3) is 0 Å². The minimum atomic E-state index is -0.658. The van der Waals surface area contributed by atoms with E-state index in [1.807, 2.05) is 24.3 Å². The summed E-state index contributed by atoms with van der Waals surface area (Å²) in [7, 11) is 1.72. The fourth-order valence-electron chi connectivity index (χ4n) is 2.84. The van der Waals surface area contributed by atoms with E-state index in [9.17, 15) is 0 Å². The number of nitrogens with zero attached hydrogens (tertiary/aromatic N) is 1. The van der Waals surface area contributed by atoms with Crippen LogP contribution in [0, 0.1) is 0 Å². The molecule has 0 saturated carbocycles. The Morgan fingerprint density at radius 1 is 1.05 bits per heavy atom. The fourth-order valence-corrected chi connectivity index (χ4v) is 2.84. The summed E-state index contributed by atoms with van der Waals surface area (Å²) in [6.45, 7) is 3.26. The van der Waals surface area contributed by atoms with Crippen LogP contribution in [0.2, 0.25) is 0 Å². The average molecular weight is 320 g/mol. The Morgan fingerprint density at radius 3 is 2.32 bits per heavy atom. The van der Waals surface area contributed by atoms with Crippen molar-refractivity contribution in [1.82, 2.24) is 4.90 Å². The third kappa shape index (κ3) is 3.68. The van der Waals surface area contributed by atoms with Gasteiger partial charge in [-0.05, 0) is 5.56 Å². The summed E-state index contributed by atoms with van der Waals surface area (Å²) >= 11 is 0. The van der Waals surface area contributed by atoms with E-state index in [-0.39, 0.29) is 12.4 Å². The molecule has 1 unspecified atom stereocenters.